The molecule has 1 unspecified atom stereocenters. The molecule has 1 heterocycles. The van der Waals surface area contributed by atoms with Crippen molar-refractivity contribution >= 4 is 5.91 Å². The Hall–Kier alpha value is -2.14. The fraction of sp³-hybridized carbons (Fsp3) is 0.375. The van der Waals surface area contributed by atoms with Crippen molar-refractivity contribution in [3.63, 3.8) is 0 Å². The number of hydrogen-bond acceptors (Lipinski definition) is 3. The molecular weight excluding hydrogens is 264 g/mol. The van der Waals surface area contributed by atoms with Crippen molar-refractivity contribution in [3.8, 4) is 11.3 Å². The highest BCUT2D eigenvalue weighted by molar-refractivity contribution is 5.78. The maximum Gasteiger partial charge on any atom is 0.224 e. The molecule has 0 aliphatic rings. The molecule has 1 amide bonds. The molecule has 3 N–H and O–H groups in total. The van der Waals surface area contributed by atoms with Crippen LogP contribution in [0.4, 0.5) is 0 Å². The summed E-state index contributed by atoms with van der Waals surface area (Å²) in [5.74, 6) is 0.0582. The second-order valence-electron chi connectivity index (χ2n) is 5.09. The van der Waals surface area contributed by atoms with Crippen LogP contribution >= 0.6 is 0 Å². The minimum absolute atomic E-state index is 0.0192. The van der Waals surface area contributed by atoms with Gasteiger partial charge < -0.3 is 10.6 Å². The molecule has 0 bridgehead atoms. The third kappa shape index (κ3) is 4.43. The summed E-state index contributed by atoms with van der Waals surface area (Å²) in [6.07, 6.45) is 1.73. The summed E-state index contributed by atoms with van der Waals surface area (Å²) in [5.41, 5.74) is 3.16. The number of carbonyl (C=O) groups is 1. The lowest BCUT2D eigenvalue weighted by molar-refractivity contribution is -0.124. The lowest BCUT2D eigenvalue weighted by Crippen LogP contribution is -2.34. The van der Waals surface area contributed by atoms with Crippen LogP contribution in [0.1, 0.15) is 19.4 Å². The molecule has 0 aliphatic heterocycles. The van der Waals surface area contributed by atoms with Gasteiger partial charge in [0.15, 0.2) is 0 Å². The van der Waals surface area contributed by atoms with Crippen LogP contribution in [0, 0.1) is 5.92 Å². The first-order valence-corrected chi connectivity index (χ1v) is 7.27. The molecule has 112 valence electrons. The molecule has 1 aromatic carbocycles. The van der Waals surface area contributed by atoms with E-state index in [-0.39, 0.29) is 11.8 Å². The van der Waals surface area contributed by atoms with Crippen molar-refractivity contribution in [1.29, 1.82) is 0 Å². The summed E-state index contributed by atoms with van der Waals surface area (Å²) in [6, 6.07) is 10.0. The van der Waals surface area contributed by atoms with Crippen molar-refractivity contribution in [2.24, 2.45) is 5.92 Å². The Bertz CT molecular complexity index is 548. The molecule has 0 saturated carbocycles. The first-order chi connectivity index (χ1) is 10.2. The fourth-order valence-corrected chi connectivity index (χ4v) is 2.04. The first kappa shape index (κ1) is 15.3. The van der Waals surface area contributed by atoms with E-state index in [1.165, 1.54) is 0 Å². The number of rotatable bonds is 7. The number of nitrogens with one attached hydrogen (secondary N) is 3. The van der Waals surface area contributed by atoms with E-state index in [0.717, 1.165) is 23.4 Å². The molecule has 2 aromatic rings. The topological polar surface area (TPSA) is 69.8 Å². The van der Waals surface area contributed by atoms with E-state index in [1.807, 2.05) is 44.2 Å². The van der Waals surface area contributed by atoms with Gasteiger partial charge >= 0.3 is 0 Å². The second-order valence-corrected chi connectivity index (χ2v) is 5.09. The van der Waals surface area contributed by atoms with Crippen LogP contribution < -0.4 is 10.6 Å². The average molecular weight is 286 g/mol. The second kappa shape index (κ2) is 7.59. The largest absolute Gasteiger partial charge is 0.352 e. The number of hydrogen-bond donors (Lipinski definition) is 3. The van der Waals surface area contributed by atoms with Crippen LogP contribution in [0.25, 0.3) is 11.3 Å². The van der Waals surface area contributed by atoms with Crippen LogP contribution in [0.2, 0.25) is 0 Å². The van der Waals surface area contributed by atoms with Crippen molar-refractivity contribution < 1.29 is 4.79 Å². The predicted octanol–water partition coefficient (Wildman–Crippen LogP) is 1.94. The van der Waals surface area contributed by atoms with Gasteiger partial charge in [0.05, 0.1) is 5.69 Å². The summed E-state index contributed by atoms with van der Waals surface area (Å²) in [4.78, 5) is 11.9. The smallest absolute Gasteiger partial charge is 0.224 e. The minimum Gasteiger partial charge on any atom is -0.352 e. The maximum atomic E-state index is 11.9. The van der Waals surface area contributed by atoms with Crippen LogP contribution in [0.15, 0.2) is 36.5 Å². The van der Waals surface area contributed by atoms with Gasteiger partial charge in [-0.15, -0.1) is 0 Å². The summed E-state index contributed by atoms with van der Waals surface area (Å²) >= 11 is 0. The summed E-state index contributed by atoms with van der Waals surface area (Å²) in [5, 5.41) is 13.0. The molecule has 0 radical (unpaired) electrons. The van der Waals surface area contributed by atoms with Gasteiger partial charge in [-0.05, 0) is 23.7 Å². The molecule has 5 heteroatoms. The summed E-state index contributed by atoms with van der Waals surface area (Å²) in [7, 11) is 0. The highest BCUT2D eigenvalue weighted by atomic mass is 16.1. The number of H-pyrrole nitrogens is 1. The van der Waals surface area contributed by atoms with Crippen molar-refractivity contribution in [2.75, 3.05) is 13.1 Å². The zero-order valence-corrected chi connectivity index (χ0v) is 12.5. The van der Waals surface area contributed by atoms with Gasteiger partial charge in [0, 0.05) is 25.2 Å². The summed E-state index contributed by atoms with van der Waals surface area (Å²) < 4.78 is 0. The highest BCUT2D eigenvalue weighted by Crippen LogP contribution is 2.16. The zero-order chi connectivity index (χ0) is 15.1. The number of amides is 1. The van der Waals surface area contributed by atoms with E-state index in [4.69, 9.17) is 0 Å². The third-order valence-electron chi connectivity index (χ3n) is 3.38. The van der Waals surface area contributed by atoms with Gasteiger partial charge in [-0.1, -0.05) is 38.1 Å². The van der Waals surface area contributed by atoms with Gasteiger partial charge in [-0.25, -0.2) is 0 Å². The standard InChI is InChI=1S/C16H22N4O/c1-3-17-10-12(2)16(21)18-11-13-4-6-14(7-5-13)15-8-9-19-20-15/h4-9,12,17H,3,10-11H2,1-2H3,(H,18,21)(H,19,20). The van der Waals surface area contributed by atoms with Gasteiger partial charge in [-0.2, -0.15) is 5.10 Å². The number of carbonyl (C=O) groups excluding carboxylic acids is 1. The SMILES string of the molecule is CCNCC(C)C(=O)NCc1ccc(-c2ccn[nH]2)cc1. The fourth-order valence-electron chi connectivity index (χ4n) is 2.04. The molecule has 0 fully saturated rings. The Kier molecular flexibility index (Phi) is 5.51. The van der Waals surface area contributed by atoms with Gasteiger partial charge in [0.25, 0.3) is 0 Å². The van der Waals surface area contributed by atoms with E-state index < -0.39 is 0 Å². The van der Waals surface area contributed by atoms with Crippen molar-refractivity contribution in [1.82, 2.24) is 20.8 Å². The lowest BCUT2D eigenvalue weighted by Gasteiger charge is -2.12. The number of benzene rings is 1. The number of aromatic nitrogens is 2. The van der Waals surface area contributed by atoms with Crippen LogP contribution in [0.5, 0.6) is 0 Å². The monoisotopic (exact) mass is 286 g/mol. The zero-order valence-electron chi connectivity index (χ0n) is 12.5. The molecule has 2 rings (SSSR count). The lowest BCUT2D eigenvalue weighted by atomic mass is 10.1. The molecule has 0 aliphatic carbocycles. The molecule has 5 nitrogen and oxygen atoms in total. The molecule has 0 spiro atoms. The van der Waals surface area contributed by atoms with E-state index >= 15 is 0 Å². The van der Waals surface area contributed by atoms with Gasteiger partial charge in [-0.3, -0.25) is 9.89 Å². The van der Waals surface area contributed by atoms with Gasteiger partial charge in [0.1, 0.15) is 0 Å². The Morgan fingerprint density at radius 1 is 1.29 bits per heavy atom. The van der Waals surface area contributed by atoms with Crippen molar-refractivity contribution in [3.05, 3.63) is 42.1 Å². The van der Waals surface area contributed by atoms with E-state index in [9.17, 15) is 4.79 Å². The molecule has 21 heavy (non-hydrogen) atoms. The Morgan fingerprint density at radius 3 is 2.67 bits per heavy atom. The quantitative estimate of drug-likeness (QED) is 0.728. The Balaban J connectivity index is 1.85. The van der Waals surface area contributed by atoms with E-state index in [1.54, 1.807) is 6.20 Å². The van der Waals surface area contributed by atoms with Crippen molar-refractivity contribution in [2.45, 2.75) is 20.4 Å². The molecule has 1 aromatic heterocycles. The van der Waals surface area contributed by atoms with Gasteiger partial charge in [0.2, 0.25) is 5.91 Å². The van der Waals surface area contributed by atoms with E-state index in [0.29, 0.717) is 13.1 Å². The average Bonchev–Trinajstić information content (AvgIpc) is 3.05. The Labute approximate surface area is 125 Å². The van der Waals surface area contributed by atoms with E-state index in [2.05, 4.69) is 20.8 Å². The van der Waals surface area contributed by atoms with Crippen LogP contribution in [0.3, 0.4) is 0 Å². The number of nitrogens with zero attached hydrogens (tertiary/aromatic N) is 1. The molecule has 0 saturated heterocycles. The first-order valence-electron chi connectivity index (χ1n) is 7.27. The summed E-state index contributed by atoms with van der Waals surface area (Å²) in [6.45, 7) is 6.11. The number of aromatic amines is 1. The Morgan fingerprint density at radius 2 is 2.05 bits per heavy atom. The predicted molar refractivity (Wildman–Crippen MR) is 83.6 cm³/mol. The van der Waals surface area contributed by atoms with Crippen LogP contribution in [-0.2, 0) is 11.3 Å². The molecule has 1 atom stereocenters. The van der Waals surface area contributed by atoms with Crippen LogP contribution in [-0.4, -0.2) is 29.2 Å². The maximum absolute atomic E-state index is 11.9. The normalized spacial score (nSPS) is 12.1. The highest BCUT2D eigenvalue weighted by Gasteiger charge is 2.11. The third-order valence-corrected chi connectivity index (χ3v) is 3.38. The molecular formula is C16H22N4O. The minimum atomic E-state index is -0.0192.